The number of methoxy groups -OCH3 is 1. The van der Waals surface area contributed by atoms with Gasteiger partial charge in [0.25, 0.3) is 0 Å². The van der Waals surface area contributed by atoms with Crippen LogP contribution in [0.5, 0.6) is 5.75 Å². The van der Waals surface area contributed by atoms with E-state index in [-0.39, 0.29) is 0 Å². The lowest BCUT2D eigenvalue weighted by molar-refractivity contribution is 0.412. The number of H-pyrrole nitrogens is 1. The van der Waals surface area contributed by atoms with Crippen LogP contribution in [0.3, 0.4) is 0 Å². The fraction of sp³-hybridized carbons (Fsp3) is 0.0714. The van der Waals surface area contributed by atoms with Gasteiger partial charge in [0.05, 0.1) is 38.3 Å². The number of hydrogen-bond donors (Lipinski definition) is 1. The van der Waals surface area contributed by atoms with E-state index in [4.69, 9.17) is 40.2 Å². The number of nitrogens with one attached hydrogen (secondary N) is 1. The maximum absolute atomic E-state index is 6.11. The van der Waals surface area contributed by atoms with Gasteiger partial charge in [-0.05, 0) is 52.4 Å². The molecule has 1 N–H and O–H groups in total. The lowest BCUT2D eigenvalue weighted by Gasteiger charge is -2.09. The molecule has 0 aliphatic heterocycles. The minimum Gasteiger partial charge on any atom is -0.495 e. The fourth-order valence-corrected chi connectivity index (χ4v) is 3.19. The molecular formula is C14H9BrCl2N2OS. The molecule has 3 aromatic rings. The molecule has 0 fully saturated rings. The van der Waals surface area contributed by atoms with E-state index in [1.807, 2.05) is 22.8 Å². The summed E-state index contributed by atoms with van der Waals surface area (Å²) >= 11 is 21.0. The largest absolute Gasteiger partial charge is 0.495 e. The van der Waals surface area contributed by atoms with Crippen molar-refractivity contribution in [3.05, 3.63) is 49.6 Å². The molecule has 0 saturated heterocycles. The molecule has 3 rings (SSSR count). The lowest BCUT2D eigenvalue weighted by Crippen LogP contribution is -1.95. The topological polar surface area (TPSA) is 29.9 Å². The van der Waals surface area contributed by atoms with Crippen molar-refractivity contribution in [1.29, 1.82) is 0 Å². The number of aromatic nitrogens is 2. The molecule has 0 amide bonds. The Bertz CT molecular complexity index is 904. The predicted octanol–water partition coefficient (Wildman–Crippen LogP) is 5.77. The highest BCUT2D eigenvalue weighted by molar-refractivity contribution is 9.10. The van der Waals surface area contributed by atoms with Gasteiger partial charge in [0.1, 0.15) is 5.75 Å². The molecule has 0 unspecified atom stereocenters. The second-order valence-electron chi connectivity index (χ2n) is 4.37. The van der Waals surface area contributed by atoms with Crippen LogP contribution >= 0.6 is 51.3 Å². The van der Waals surface area contributed by atoms with Crippen LogP contribution in [0.2, 0.25) is 10.0 Å². The first-order valence-electron chi connectivity index (χ1n) is 5.95. The van der Waals surface area contributed by atoms with Crippen molar-refractivity contribution in [2.45, 2.75) is 0 Å². The molecule has 21 heavy (non-hydrogen) atoms. The standard InChI is InChI=1S/C14H9BrCl2N2OS/c1-20-13-4-7(2-3-8(13)15)19-12-6-10(17)9(16)5-11(12)18-14(19)21/h2-6H,1H3,(H,18,21). The predicted molar refractivity (Wildman–Crippen MR) is 92.7 cm³/mol. The van der Waals surface area contributed by atoms with Crippen molar-refractivity contribution in [2.75, 3.05) is 7.11 Å². The summed E-state index contributed by atoms with van der Waals surface area (Å²) in [6, 6.07) is 9.31. The first kappa shape index (κ1) is 14.9. The smallest absolute Gasteiger partial charge is 0.182 e. The second kappa shape index (κ2) is 5.65. The van der Waals surface area contributed by atoms with Gasteiger partial charge >= 0.3 is 0 Å². The van der Waals surface area contributed by atoms with Gasteiger partial charge in [-0.3, -0.25) is 4.57 Å². The summed E-state index contributed by atoms with van der Waals surface area (Å²) < 4.78 is 8.66. The first-order chi connectivity index (χ1) is 10.0. The molecular weight excluding hydrogens is 395 g/mol. The van der Waals surface area contributed by atoms with Gasteiger partial charge in [0, 0.05) is 6.07 Å². The summed E-state index contributed by atoms with van der Waals surface area (Å²) in [5, 5.41) is 0.969. The third-order valence-corrected chi connectivity index (χ3v) is 4.78. The molecule has 3 nitrogen and oxygen atoms in total. The van der Waals surface area contributed by atoms with Crippen molar-refractivity contribution < 1.29 is 4.74 Å². The zero-order chi connectivity index (χ0) is 15.1. The van der Waals surface area contributed by atoms with Crippen LogP contribution in [-0.2, 0) is 0 Å². The zero-order valence-corrected chi connectivity index (χ0v) is 14.7. The molecule has 0 aliphatic carbocycles. The summed E-state index contributed by atoms with van der Waals surface area (Å²) in [7, 11) is 1.62. The van der Waals surface area contributed by atoms with Crippen LogP contribution in [0.25, 0.3) is 16.7 Å². The van der Waals surface area contributed by atoms with Crippen LogP contribution in [0.1, 0.15) is 0 Å². The highest BCUT2D eigenvalue weighted by Crippen LogP contribution is 2.32. The molecule has 0 spiro atoms. The lowest BCUT2D eigenvalue weighted by atomic mass is 10.2. The Kier molecular flexibility index (Phi) is 4.01. The first-order valence-corrected chi connectivity index (χ1v) is 7.90. The third-order valence-electron chi connectivity index (χ3n) is 3.12. The molecule has 7 heteroatoms. The van der Waals surface area contributed by atoms with Gasteiger partial charge in [-0.15, -0.1) is 0 Å². The van der Waals surface area contributed by atoms with Crippen LogP contribution < -0.4 is 4.74 Å². The summed E-state index contributed by atoms with van der Waals surface area (Å²) in [5.74, 6) is 0.726. The third kappa shape index (κ3) is 2.59. The highest BCUT2D eigenvalue weighted by Gasteiger charge is 2.11. The fourth-order valence-electron chi connectivity index (χ4n) is 2.15. The summed E-state index contributed by atoms with van der Waals surface area (Å²) in [6.07, 6.45) is 0. The van der Waals surface area contributed by atoms with Crippen molar-refractivity contribution in [3.8, 4) is 11.4 Å². The molecule has 0 bridgehead atoms. The highest BCUT2D eigenvalue weighted by atomic mass is 79.9. The number of benzene rings is 2. The molecule has 0 saturated carbocycles. The Morgan fingerprint density at radius 2 is 1.90 bits per heavy atom. The Hall–Kier alpha value is -1.01. The van der Waals surface area contributed by atoms with E-state index in [2.05, 4.69) is 20.9 Å². The Balaban J connectivity index is 2.32. The molecule has 1 heterocycles. The van der Waals surface area contributed by atoms with Crippen LogP contribution in [0.4, 0.5) is 0 Å². The van der Waals surface area contributed by atoms with E-state index in [9.17, 15) is 0 Å². The van der Waals surface area contributed by atoms with Crippen LogP contribution in [0, 0.1) is 4.77 Å². The Morgan fingerprint density at radius 1 is 1.19 bits per heavy atom. The molecule has 0 atom stereocenters. The Labute approximate surface area is 144 Å². The van der Waals surface area contributed by atoms with Crippen LogP contribution in [0.15, 0.2) is 34.8 Å². The summed E-state index contributed by atoms with van der Waals surface area (Å²) in [6.45, 7) is 0. The monoisotopic (exact) mass is 402 g/mol. The zero-order valence-electron chi connectivity index (χ0n) is 10.8. The van der Waals surface area contributed by atoms with Gasteiger partial charge in [-0.2, -0.15) is 0 Å². The van der Waals surface area contributed by atoms with E-state index >= 15 is 0 Å². The number of hydrogen-bond acceptors (Lipinski definition) is 2. The number of rotatable bonds is 2. The number of ether oxygens (including phenoxy) is 1. The summed E-state index contributed by atoms with van der Waals surface area (Å²) in [5.41, 5.74) is 2.57. The second-order valence-corrected chi connectivity index (χ2v) is 6.42. The van der Waals surface area contributed by atoms with E-state index in [1.165, 1.54) is 0 Å². The molecule has 108 valence electrons. The van der Waals surface area contributed by atoms with Crippen molar-refractivity contribution >= 4 is 62.4 Å². The van der Waals surface area contributed by atoms with E-state index in [0.717, 1.165) is 26.9 Å². The number of halogens is 3. The van der Waals surface area contributed by atoms with Gasteiger partial charge < -0.3 is 9.72 Å². The van der Waals surface area contributed by atoms with Crippen molar-refractivity contribution in [2.24, 2.45) is 0 Å². The Morgan fingerprint density at radius 3 is 2.62 bits per heavy atom. The van der Waals surface area contributed by atoms with Crippen molar-refractivity contribution in [1.82, 2.24) is 9.55 Å². The molecule has 1 aromatic heterocycles. The minimum absolute atomic E-state index is 0.482. The summed E-state index contributed by atoms with van der Waals surface area (Å²) in [4.78, 5) is 3.13. The van der Waals surface area contributed by atoms with Crippen molar-refractivity contribution in [3.63, 3.8) is 0 Å². The average molecular weight is 404 g/mol. The number of nitrogens with zero attached hydrogens (tertiary/aromatic N) is 1. The van der Waals surface area contributed by atoms with Gasteiger partial charge in [-0.25, -0.2) is 0 Å². The molecule has 0 aliphatic rings. The quantitative estimate of drug-likeness (QED) is 0.550. The van der Waals surface area contributed by atoms with E-state index < -0.39 is 0 Å². The van der Waals surface area contributed by atoms with Gasteiger partial charge in [0.15, 0.2) is 4.77 Å². The van der Waals surface area contributed by atoms with E-state index in [0.29, 0.717) is 14.8 Å². The number of aromatic amines is 1. The molecule has 0 radical (unpaired) electrons. The molecule has 2 aromatic carbocycles. The number of imidazole rings is 1. The minimum atomic E-state index is 0.482. The van der Waals surface area contributed by atoms with Gasteiger partial charge in [-0.1, -0.05) is 23.2 Å². The van der Waals surface area contributed by atoms with Gasteiger partial charge in [0.2, 0.25) is 0 Å². The maximum Gasteiger partial charge on any atom is 0.182 e. The SMILES string of the molecule is COc1cc(-n2c(=S)[nH]c3cc(Cl)c(Cl)cc32)ccc1Br. The maximum atomic E-state index is 6.11. The normalized spacial score (nSPS) is 11.0. The van der Waals surface area contributed by atoms with Crippen LogP contribution in [-0.4, -0.2) is 16.7 Å². The van der Waals surface area contributed by atoms with E-state index in [1.54, 1.807) is 19.2 Å². The number of fused-ring (bicyclic) bond motifs is 1. The average Bonchev–Trinajstić information content (AvgIpc) is 2.75.